The van der Waals surface area contributed by atoms with E-state index in [0.29, 0.717) is 12.1 Å². The average Bonchev–Trinajstić information content (AvgIpc) is 2.45. The van der Waals surface area contributed by atoms with Crippen LogP contribution >= 0.6 is 0 Å². The molecule has 0 heterocycles. The van der Waals surface area contributed by atoms with Gasteiger partial charge in [0.25, 0.3) is 0 Å². The molecule has 2 heteroatoms. The largest absolute Gasteiger partial charge is 0.489 e. The van der Waals surface area contributed by atoms with Crippen LogP contribution in [0.25, 0.3) is 0 Å². The molecular formula is C18H29NO. The van der Waals surface area contributed by atoms with Gasteiger partial charge in [0, 0.05) is 6.04 Å². The van der Waals surface area contributed by atoms with E-state index in [2.05, 4.69) is 50.4 Å². The van der Waals surface area contributed by atoms with Crippen molar-refractivity contribution in [3.05, 3.63) is 29.8 Å². The Hall–Kier alpha value is -1.02. The highest BCUT2D eigenvalue weighted by molar-refractivity contribution is 5.32. The summed E-state index contributed by atoms with van der Waals surface area (Å²) in [6.07, 6.45) is 6.73. The number of ether oxygens (including phenoxy) is 1. The standard InChI is InChI=1S/C18H29NO/c1-4-8-15-11-12-16(19-5-2)18(13-15)20-17-10-7-6-9-14(17)3/h6-7,9-10,15-16,18-19H,4-5,8,11-13H2,1-3H3. The number of likely N-dealkylation sites (N-methyl/N-ethyl adjacent to an activating group) is 1. The Bertz CT molecular complexity index is 404. The summed E-state index contributed by atoms with van der Waals surface area (Å²) in [6, 6.07) is 8.88. The summed E-state index contributed by atoms with van der Waals surface area (Å²) in [7, 11) is 0. The smallest absolute Gasteiger partial charge is 0.122 e. The van der Waals surface area contributed by atoms with Crippen LogP contribution in [0.4, 0.5) is 0 Å². The molecule has 0 radical (unpaired) electrons. The first-order chi connectivity index (χ1) is 9.74. The van der Waals surface area contributed by atoms with E-state index in [1.165, 1.54) is 37.7 Å². The Morgan fingerprint density at radius 2 is 2.00 bits per heavy atom. The first-order valence-electron chi connectivity index (χ1n) is 8.20. The summed E-state index contributed by atoms with van der Waals surface area (Å²) >= 11 is 0. The van der Waals surface area contributed by atoms with Crippen molar-refractivity contribution < 1.29 is 4.74 Å². The van der Waals surface area contributed by atoms with Crippen LogP contribution < -0.4 is 10.1 Å². The summed E-state index contributed by atoms with van der Waals surface area (Å²) in [4.78, 5) is 0. The number of hydrogen-bond acceptors (Lipinski definition) is 2. The Balaban J connectivity index is 2.05. The molecule has 0 saturated heterocycles. The molecule has 1 N–H and O–H groups in total. The monoisotopic (exact) mass is 275 g/mol. The molecule has 1 aliphatic rings. The fourth-order valence-corrected chi connectivity index (χ4v) is 3.36. The molecule has 20 heavy (non-hydrogen) atoms. The van der Waals surface area contributed by atoms with Gasteiger partial charge in [-0.15, -0.1) is 0 Å². The maximum absolute atomic E-state index is 6.37. The summed E-state index contributed by atoms with van der Waals surface area (Å²) in [6.45, 7) is 7.62. The van der Waals surface area contributed by atoms with Crippen molar-refractivity contribution in [1.29, 1.82) is 0 Å². The van der Waals surface area contributed by atoms with Crippen LogP contribution in [-0.2, 0) is 0 Å². The lowest BCUT2D eigenvalue weighted by molar-refractivity contribution is 0.0834. The molecule has 0 amide bonds. The van der Waals surface area contributed by atoms with Gasteiger partial charge in [-0.3, -0.25) is 0 Å². The molecule has 3 unspecified atom stereocenters. The van der Waals surface area contributed by atoms with Crippen LogP contribution in [0, 0.1) is 12.8 Å². The molecule has 2 rings (SSSR count). The van der Waals surface area contributed by atoms with E-state index in [1.54, 1.807) is 0 Å². The molecule has 2 nitrogen and oxygen atoms in total. The molecule has 3 atom stereocenters. The van der Waals surface area contributed by atoms with Crippen LogP contribution in [0.2, 0.25) is 0 Å². The highest BCUT2D eigenvalue weighted by Crippen LogP contribution is 2.31. The Morgan fingerprint density at radius 1 is 1.20 bits per heavy atom. The maximum atomic E-state index is 6.37. The minimum atomic E-state index is 0.321. The minimum Gasteiger partial charge on any atom is -0.489 e. The fraction of sp³-hybridized carbons (Fsp3) is 0.667. The first-order valence-corrected chi connectivity index (χ1v) is 8.20. The van der Waals surface area contributed by atoms with Crippen molar-refractivity contribution in [3.63, 3.8) is 0 Å². The van der Waals surface area contributed by atoms with Gasteiger partial charge < -0.3 is 10.1 Å². The predicted molar refractivity (Wildman–Crippen MR) is 85.3 cm³/mol. The van der Waals surface area contributed by atoms with Gasteiger partial charge in [0.15, 0.2) is 0 Å². The van der Waals surface area contributed by atoms with Crippen LogP contribution in [0.15, 0.2) is 24.3 Å². The molecule has 1 fully saturated rings. The highest BCUT2D eigenvalue weighted by Gasteiger charge is 2.31. The lowest BCUT2D eigenvalue weighted by Gasteiger charge is -2.37. The minimum absolute atomic E-state index is 0.321. The molecule has 0 aliphatic heterocycles. The van der Waals surface area contributed by atoms with Crippen molar-refractivity contribution in [3.8, 4) is 5.75 Å². The number of rotatable bonds is 6. The van der Waals surface area contributed by atoms with Gasteiger partial charge in [-0.05, 0) is 50.3 Å². The fourth-order valence-electron chi connectivity index (χ4n) is 3.36. The molecule has 1 aromatic rings. The second kappa shape index (κ2) is 7.68. The van der Waals surface area contributed by atoms with Crippen molar-refractivity contribution in [2.45, 2.75) is 65.0 Å². The quantitative estimate of drug-likeness (QED) is 0.834. The van der Waals surface area contributed by atoms with Gasteiger partial charge in [0.2, 0.25) is 0 Å². The van der Waals surface area contributed by atoms with Crippen molar-refractivity contribution in [1.82, 2.24) is 5.32 Å². The van der Waals surface area contributed by atoms with Crippen LogP contribution in [0.1, 0.15) is 51.5 Å². The number of para-hydroxylation sites is 1. The van der Waals surface area contributed by atoms with E-state index < -0.39 is 0 Å². The molecule has 112 valence electrons. The molecule has 1 saturated carbocycles. The van der Waals surface area contributed by atoms with Gasteiger partial charge in [-0.25, -0.2) is 0 Å². The van der Waals surface area contributed by atoms with Crippen LogP contribution in [0.5, 0.6) is 5.75 Å². The zero-order valence-electron chi connectivity index (χ0n) is 13.2. The van der Waals surface area contributed by atoms with Gasteiger partial charge in [-0.2, -0.15) is 0 Å². The Labute approximate surface area is 123 Å². The predicted octanol–water partition coefficient (Wildman–Crippen LogP) is 4.32. The lowest BCUT2D eigenvalue weighted by Crippen LogP contribution is -2.47. The van der Waals surface area contributed by atoms with E-state index in [1.807, 2.05) is 0 Å². The number of aryl methyl sites for hydroxylation is 1. The van der Waals surface area contributed by atoms with E-state index in [9.17, 15) is 0 Å². The average molecular weight is 275 g/mol. The molecule has 0 bridgehead atoms. The molecule has 0 aromatic heterocycles. The van der Waals surface area contributed by atoms with Crippen LogP contribution in [-0.4, -0.2) is 18.7 Å². The maximum Gasteiger partial charge on any atom is 0.122 e. The van der Waals surface area contributed by atoms with E-state index >= 15 is 0 Å². The third-order valence-corrected chi connectivity index (χ3v) is 4.44. The van der Waals surface area contributed by atoms with E-state index in [-0.39, 0.29) is 0 Å². The van der Waals surface area contributed by atoms with Gasteiger partial charge >= 0.3 is 0 Å². The molecule has 1 aliphatic carbocycles. The topological polar surface area (TPSA) is 21.3 Å². The second-order valence-electron chi connectivity index (χ2n) is 6.05. The summed E-state index contributed by atoms with van der Waals surface area (Å²) in [5.74, 6) is 1.89. The number of nitrogens with one attached hydrogen (secondary N) is 1. The molecular weight excluding hydrogens is 246 g/mol. The lowest BCUT2D eigenvalue weighted by atomic mass is 9.81. The SMILES string of the molecule is CCCC1CCC(NCC)C(Oc2ccccc2C)C1. The van der Waals surface area contributed by atoms with Crippen molar-refractivity contribution in [2.24, 2.45) is 5.92 Å². The zero-order chi connectivity index (χ0) is 14.4. The number of hydrogen-bond donors (Lipinski definition) is 1. The van der Waals surface area contributed by atoms with E-state index in [4.69, 9.17) is 4.74 Å². The summed E-state index contributed by atoms with van der Waals surface area (Å²) in [5, 5.41) is 3.61. The third kappa shape index (κ3) is 3.99. The van der Waals surface area contributed by atoms with Crippen LogP contribution in [0.3, 0.4) is 0 Å². The Kier molecular flexibility index (Phi) is 5.90. The molecule has 0 spiro atoms. The van der Waals surface area contributed by atoms with Gasteiger partial charge in [0.1, 0.15) is 11.9 Å². The number of benzene rings is 1. The second-order valence-corrected chi connectivity index (χ2v) is 6.05. The normalized spacial score (nSPS) is 26.4. The zero-order valence-corrected chi connectivity index (χ0v) is 13.2. The third-order valence-electron chi connectivity index (χ3n) is 4.44. The molecule has 1 aromatic carbocycles. The van der Waals surface area contributed by atoms with Crippen molar-refractivity contribution >= 4 is 0 Å². The summed E-state index contributed by atoms with van der Waals surface area (Å²) < 4.78 is 6.37. The van der Waals surface area contributed by atoms with Crippen molar-refractivity contribution in [2.75, 3.05) is 6.54 Å². The summed E-state index contributed by atoms with van der Waals surface area (Å²) in [5.41, 5.74) is 1.24. The van der Waals surface area contributed by atoms with E-state index in [0.717, 1.165) is 18.2 Å². The van der Waals surface area contributed by atoms with Gasteiger partial charge in [-0.1, -0.05) is 44.9 Å². The first kappa shape index (κ1) is 15.4. The highest BCUT2D eigenvalue weighted by atomic mass is 16.5. The Morgan fingerprint density at radius 3 is 2.70 bits per heavy atom. The van der Waals surface area contributed by atoms with Gasteiger partial charge in [0.05, 0.1) is 0 Å².